The molecule has 0 bridgehead atoms. The molecule has 2 nitrogen and oxygen atoms in total. The van der Waals surface area contributed by atoms with Crippen LogP contribution in [0.25, 0.3) is 0 Å². The molecule has 1 aliphatic carbocycles. The van der Waals surface area contributed by atoms with Gasteiger partial charge < -0.3 is 4.90 Å². The molecule has 0 atom stereocenters. The topological polar surface area (TPSA) is 16.1 Å². The summed E-state index contributed by atoms with van der Waals surface area (Å²) in [6.07, 6.45) is -2.40. The van der Waals surface area contributed by atoms with Crippen LogP contribution in [0, 0.1) is 0 Å². The van der Waals surface area contributed by atoms with Crippen LogP contribution in [-0.4, -0.2) is 18.1 Å². The van der Waals surface area contributed by atoms with Crippen molar-refractivity contribution in [3.05, 3.63) is 22.8 Å². The summed E-state index contributed by atoms with van der Waals surface area (Å²) in [4.78, 5) is 5.64. The first-order chi connectivity index (χ1) is 7.38. The molecular weight excluding hydrogens is 241 g/mol. The minimum Gasteiger partial charge on any atom is -0.357 e. The summed E-state index contributed by atoms with van der Waals surface area (Å²) in [7, 11) is 1.73. The monoisotopic (exact) mass is 250 g/mol. The zero-order valence-corrected chi connectivity index (χ0v) is 9.31. The Morgan fingerprint density at radius 3 is 2.50 bits per heavy atom. The predicted octanol–water partition coefficient (Wildman–Crippen LogP) is 3.35. The number of hydrogen-bond acceptors (Lipinski definition) is 2. The summed E-state index contributed by atoms with van der Waals surface area (Å²) in [5.41, 5.74) is -0.755. The van der Waals surface area contributed by atoms with Crippen LogP contribution < -0.4 is 4.90 Å². The van der Waals surface area contributed by atoms with E-state index in [4.69, 9.17) is 11.6 Å². The fourth-order valence-electron chi connectivity index (χ4n) is 1.48. The van der Waals surface area contributed by atoms with Gasteiger partial charge in [-0.15, -0.1) is 0 Å². The zero-order valence-electron chi connectivity index (χ0n) is 8.55. The number of halogens is 4. The van der Waals surface area contributed by atoms with Crippen LogP contribution in [-0.2, 0) is 6.18 Å². The molecule has 1 saturated carbocycles. The van der Waals surface area contributed by atoms with Crippen LogP contribution in [0.2, 0.25) is 5.15 Å². The van der Waals surface area contributed by atoms with E-state index >= 15 is 0 Å². The van der Waals surface area contributed by atoms with Gasteiger partial charge >= 0.3 is 6.18 Å². The van der Waals surface area contributed by atoms with Crippen molar-refractivity contribution >= 4 is 17.4 Å². The molecule has 1 heterocycles. The van der Waals surface area contributed by atoms with Gasteiger partial charge in [0.15, 0.2) is 0 Å². The molecule has 1 aromatic rings. The van der Waals surface area contributed by atoms with Crippen molar-refractivity contribution in [3.8, 4) is 0 Å². The molecule has 88 valence electrons. The third kappa shape index (κ3) is 2.40. The van der Waals surface area contributed by atoms with Gasteiger partial charge in [0, 0.05) is 13.1 Å². The third-order valence-electron chi connectivity index (χ3n) is 2.56. The van der Waals surface area contributed by atoms with Crippen molar-refractivity contribution in [1.82, 2.24) is 4.98 Å². The molecule has 0 aliphatic heterocycles. The second-order valence-electron chi connectivity index (χ2n) is 3.88. The van der Waals surface area contributed by atoms with Crippen molar-refractivity contribution < 1.29 is 13.2 Å². The lowest BCUT2D eigenvalue weighted by atomic mass is 10.2. The van der Waals surface area contributed by atoms with Gasteiger partial charge in [0.05, 0.1) is 5.56 Å². The average molecular weight is 251 g/mol. The summed E-state index contributed by atoms with van der Waals surface area (Å²) < 4.78 is 37.6. The summed E-state index contributed by atoms with van der Waals surface area (Å²) >= 11 is 5.59. The third-order valence-corrected chi connectivity index (χ3v) is 2.76. The maximum absolute atomic E-state index is 12.5. The molecule has 0 spiro atoms. The molecule has 0 radical (unpaired) electrons. The quantitative estimate of drug-likeness (QED) is 0.749. The van der Waals surface area contributed by atoms with E-state index in [-0.39, 0.29) is 11.0 Å². The number of pyridine rings is 1. The van der Waals surface area contributed by atoms with Gasteiger partial charge in [0.25, 0.3) is 0 Å². The number of alkyl halides is 3. The first kappa shape index (κ1) is 11.5. The lowest BCUT2D eigenvalue weighted by Gasteiger charge is -2.19. The molecular formula is C10H10ClF3N2. The average Bonchev–Trinajstić information content (AvgIpc) is 2.97. The summed E-state index contributed by atoms with van der Waals surface area (Å²) in [6, 6.07) is 2.17. The van der Waals surface area contributed by atoms with Crippen molar-refractivity contribution in [3.63, 3.8) is 0 Å². The lowest BCUT2D eigenvalue weighted by Crippen LogP contribution is -2.21. The van der Waals surface area contributed by atoms with Crippen LogP contribution in [0.1, 0.15) is 18.4 Å². The standard InChI is InChI=1S/C10H10ClF3N2/c1-16(7-2-3-7)9-5-6(10(12,13)14)4-8(11)15-9/h4-5,7H,2-3H2,1H3. The molecule has 6 heteroatoms. The number of anilines is 1. The first-order valence-corrected chi connectivity index (χ1v) is 5.23. The van der Waals surface area contributed by atoms with Gasteiger partial charge in [-0.2, -0.15) is 13.2 Å². The summed E-state index contributed by atoms with van der Waals surface area (Å²) in [6.45, 7) is 0. The molecule has 2 rings (SSSR count). The molecule has 16 heavy (non-hydrogen) atoms. The van der Waals surface area contributed by atoms with Crippen molar-refractivity contribution in [1.29, 1.82) is 0 Å². The van der Waals surface area contributed by atoms with Crippen LogP contribution >= 0.6 is 11.6 Å². The maximum Gasteiger partial charge on any atom is 0.416 e. The fraction of sp³-hybridized carbons (Fsp3) is 0.500. The number of aromatic nitrogens is 1. The van der Waals surface area contributed by atoms with Gasteiger partial charge in [-0.05, 0) is 25.0 Å². The van der Waals surface area contributed by atoms with E-state index in [1.54, 1.807) is 11.9 Å². The Kier molecular flexibility index (Phi) is 2.74. The maximum atomic E-state index is 12.5. The largest absolute Gasteiger partial charge is 0.416 e. The Hall–Kier alpha value is -0.970. The minimum absolute atomic E-state index is 0.127. The van der Waals surface area contributed by atoms with Crippen molar-refractivity contribution in [2.75, 3.05) is 11.9 Å². The normalized spacial score (nSPS) is 16.3. The predicted molar refractivity (Wildman–Crippen MR) is 55.7 cm³/mol. The molecule has 0 amide bonds. The second kappa shape index (κ2) is 3.80. The minimum atomic E-state index is -4.38. The Morgan fingerprint density at radius 2 is 2.00 bits per heavy atom. The van der Waals surface area contributed by atoms with Gasteiger partial charge in [-0.1, -0.05) is 11.6 Å². The Bertz CT molecular complexity index is 402. The van der Waals surface area contributed by atoms with Gasteiger partial charge in [0.2, 0.25) is 0 Å². The number of rotatable bonds is 2. The van der Waals surface area contributed by atoms with E-state index in [0.717, 1.165) is 25.0 Å². The molecule has 0 unspecified atom stereocenters. The molecule has 1 aromatic heterocycles. The van der Waals surface area contributed by atoms with Gasteiger partial charge in [-0.25, -0.2) is 4.98 Å². The Morgan fingerprint density at radius 1 is 1.38 bits per heavy atom. The SMILES string of the molecule is CN(c1cc(C(F)(F)F)cc(Cl)n1)C1CC1. The molecule has 0 saturated heterocycles. The van der Waals surface area contributed by atoms with E-state index in [2.05, 4.69) is 4.98 Å². The van der Waals surface area contributed by atoms with E-state index in [0.29, 0.717) is 6.04 Å². The highest BCUT2D eigenvalue weighted by Gasteiger charge is 2.33. The fourth-order valence-corrected chi connectivity index (χ4v) is 1.68. The number of nitrogens with zero attached hydrogens (tertiary/aromatic N) is 2. The van der Waals surface area contributed by atoms with Crippen LogP contribution in [0.4, 0.5) is 19.0 Å². The van der Waals surface area contributed by atoms with Crippen LogP contribution in [0.15, 0.2) is 12.1 Å². The molecule has 1 aliphatic rings. The summed E-state index contributed by atoms with van der Waals surface area (Å²) in [5.74, 6) is 0.280. The zero-order chi connectivity index (χ0) is 11.9. The smallest absolute Gasteiger partial charge is 0.357 e. The highest BCUT2D eigenvalue weighted by molar-refractivity contribution is 6.29. The van der Waals surface area contributed by atoms with E-state index < -0.39 is 11.7 Å². The van der Waals surface area contributed by atoms with Gasteiger partial charge in [0.1, 0.15) is 11.0 Å². The Balaban J connectivity index is 2.35. The van der Waals surface area contributed by atoms with Crippen LogP contribution in [0.3, 0.4) is 0 Å². The van der Waals surface area contributed by atoms with Crippen LogP contribution in [0.5, 0.6) is 0 Å². The Labute approximate surface area is 96.0 Å². The number of hydrogen-bond donors (Lipinski definition) is 0. The van der Waals surface area contributed by atoms with Crippen molar-refractivity contribution in [2.45, 2.75) is 25.1 Å². The highest BCUT2D eigenvalue weighted by atomic mass is 35.5. The first-order valence-electron chi connectivity index (χ1n) is 4.85. The molecule has 1 fully saturated rings. The molecule has 0 aromatic carbocycles. The lowest BCUT2D eigenvalue weighted by molar-refractivity contribution is -0.137. The van der Waals surface area contributed by atoms with E-state index in [1.165, 1.54) is 0 Å². The summed E-state index contributed by atoms with van der Waals surface area (Å²) in [5, 5.41) is -0.127. The van der Waals surface area contributed by atoms with Gasteiger partial charge in [-0.3, -0.25) is 0 Å². The van der Waals surface area contributed by atoms with E-state index in [1.807, 2.05) is 0 Å². The molecule has 0 N–H and O–H groups in total. The van der Waals surface area contributed by atoms with E-state index in [9.17, 15) is 13.2 Å². The second-order valence-corrected chi connectivity index (χ2v) is 4.26. The van der Waals surface area contributed by atoms with Crippen molar-refractivity contribution in [2.24, 2.45) is 0 Å². The highest BCUT2D eigenvalue weighted by Crippen LogP contribution is 2.35.